The van der Waals surface area contributed by atoms with Crippen LogP contribution in [0.2, 0.25) is 5.02 Å². The van der Waals surface area contributed by atoms with E-state index < -0.39 is 31.7 Å². The highest BCUT2D eigenvalue weighted by Gasteiger charge is 2.26. The molecule has 0 radical (unpaired) electrons. The number of allylic oxidation sites excluding steroid dienone is 2. The highest BCUT2D eigenvalue weighted by molar-refractivity contribution is 8.03. The summed E-state index contributed by atoms with van der Waals surface area (Å²) in [5.74, 6) is -0.899. The van der Waals surface area contributed by atoms with E-state index in [1.165, 1.54) is 0 Å². The zero-order valence-electron chi connectivity index (χ0n) is 23.1. The van der Waals surface area contributed by atoms with Crippen molar-refractivity contribution in [1.29, 1.82) is 0 Å². The van der Waals surface area contributed by atoms with Crippen LogP contribution in [0.25, 0.3) is 26.7 Å². The Hall–Kier alpha value is -2.23. The van der Waals surface area contributed by atoms with E-state index in [0.29, 0.717) is 24.5 Å². The van der Waals surface area contributed by atoms with E-state index >= 15 is 0 Å². The van der Waals surface area contributed by atoms with Crippen LogP contribution in [0.4, 0.5) is 5.69 Å². The number of benzene rings is 2. The van der Waals surface area contributed by atoms with E-state index in [9.17, 15) is 25.9 Å². The van der Waals surface area contributed by atoms with Gasteiger partial charge in [-0.15, -0.1) is 11.3 Å². The van der Waals surface area contributed by atoms with Crippen LogP contribution < -0.4 is 9.47 Å². The van der Waals surface area contributed by atoms with Gasteiger partial charge in [-0.2, -0.15) is 4.57 Å². The Morgan fingerprint density at radius 3 is 2.49 bits per heavy atom. The molecule has 14 heteroatoms. The molecule has 1 aliphatic rings. The molecule has 0 N–H and O–H groups in total. The quantitative estimate of drug-likeness (QED) is 0.119. The topological polar surface area (TPSA) is 122 Å². The van der Waals surface area contributed by atoms with Gasteiger partial charge in [0.2, 0.25) is 5.52 Å². The second-order valence-corrected chi connectivity index (χ2v) is 16.5. The Kier molecular flexibility index (Phi) is 10.0. The minimum Gasteiger partial charge on any atom is -0.748 e. The average molecular weight is 696 g/mol. The molecule has 1 aliphatic heterocycles. The van der Waals surface area contributed by atoms with Crippen LogP contribution in [0.5, 0.6) is 0 Å². The number of hydrogen-bond acceptors (Lipinski definition) is 10. The Bertz CT molecular complexity index is 1920. The molecular formula is C29H28ClN2O6S5-. The summed E-state index contributed by atoms with van der Waals surface area (Å²) in [6.45, 7) is 2.74. The Balaban J connectivity index is 1.53. The number of anilines is 1. The molecule has 0 aliphatic carbocycles. The van der Waals surface area contributed by atoms with E-state index in [1.54, 1.807) is 40.5 Å². The van der Waals surface area contributed by atoms with Gasteiger partial charge in [-0.1, -0.05) is 53.8 Å². The van der Waals surface area contributed by atoms with Crippen molar-refractivity contribution in [3.8, 4) is 10.4 Å². The standard InChI is InChI=1S/C29H29ClN2O6S5/c1-2-20(17-29-32(12-5-15-43(36,37)38)24-19-22(30)8-10-27(24)41-29)16-28-31(11-4-14-42(33,34)35)23-18-21(7-9-26(23)40-28)25-6-3-13-39-25/h3,6-10,13,16-19H,2,4-5,11-12,14-15H2,1H3,(H-,33,34,35,36,37,38)/p-1. The minimum atomic E-state index is -4.34. The molecule has 2 aromatic carbocycles. The van der Waals surface area contributed by atoms with Gasteiger partial charge >= 0.3 is 0 Å². The fraction of sp³-hybridized carbons (Fsp3) is 0.276. The molecule has 0 unspecified atom stereocenters. The van der Waals surface area contributed by atoms with Crippen molar-refractivity contribution in [1.82, 2.24) is 0 Å². The monoisotopic (exact) mass is 695 g/mol. The molecule has 5 rings (SSSR count). The highest BCUT2D eigenvalue weighted by Crippen LogP contribution is 2.47. The summed E-state index contributed by atoms with van der Waals surface area (Å²) in [6.07, 6.45) is 5.18. The lowest BCUT2D eigenvalue weighted by atomic mass is 10.1. The van der Waals surface area contributed by atoms with Crippen LogP contribution in [0.15, 0.2) is 75.5 Å². The third kappa shape index (κ3) is 8.28. The molecule has 8 nitrogen and oxygen atoms in total. The predicted molar refractivity (Wildman–Crippen MR) is 175 cm³/mol. The lowest BCUT2D eigenvalue weighted by Gasteiger charge is -2.21. The van der Waals surface area contributed by atoms with Gasteiger partial charge in [0.1, 0.15) is 4.70 Å². The number of halogens is 1. The maximum atomic E-state index is 11.4. The predicted octanol–water partition coefficient (Wildman–Crippen LogP) is 6.69. The fourth-order valence-corrected chi connectivity index (χ4v) is 8.96. The molecule has 2 aromatic heterocycles. The first kappa shape index (κ1) is 32.2. The molecule has 0 saturated carbocycles. The average Bonchev–Trinajstić information content (AvgIpc) is 3.65. The molecule has 0 spiro atoms. The lowest BCUT2D eigenvalue weighted by Crippen LogP contribution is -2.36. The second kappa shape index (κ2) is 13.4. The van der Waals surface area contributed by atoms with Crippen molar-refractivity contribution in [2.75, 3.05) is 23.0 Å². The summed E-state index contributed by atoms with van der Waals surface area (Å²) in [5.41, 5.74) is 3.89. The molecule has 0 atom stereocenters. The smallest absolute Gasteiger partial charge is 0.263 e. The summed E-state index contributed by atoms with van der Waals surface area (Å²) >= 11 is 11.1. The molecule has 0 saturated heterocycles. The number of aromatic nitrogens is 1. The van der Waals surface area contributed by atoms with Gasteiger partial charge in [-0.3, -0.25) is 0 Å². The second-order valence-electron chi connectivity index (χ2n) is 9.90. The molecular weight excluding hydrogens is 668 g/mol. The fourth-order valence-electron chi connectivity index (χ4n) is 4.81. The van der Waals surface area contributed by atoms with Crippen molar-refractivity contribution < 1.29 is 30.5 Å². The van der Waals surface area contributed by atoms with Gasteiger partial charge < -0.3 is 14.0 Å². The summed E-state index contributed by atoms with van der Waals surface area (Å²) < 4.78 is 71.0. The maximum absolute atomic E-state index is 11.4. The number of aryl methyl sites for hydroxylation is 1. The Labute approximate surface area is 268 Å². The summed E-state index contributed by atoms with van der Waals surface area (Å²) in [6, 6.07) is 15.9. The first-order chi connectivity index (χ1) is 20.4. The van der Waals surface area contributed by atoms with Gasteiger partial charge in [0.05, 0.1) is 31.0 Å². The van der Waals surface area contributed by atoms with Crippen LogP contribution in [0.3, 0.4) is 0 Å². The third-order valence-corrected chi connectivity index (χ3v) is 11.8. The van der Waals surface area contributed by atoms with E-state index in [2.05, 4.69) is 41.0 Å². The highest BCUT2D eigenvalue weighted by atomic mass is 35.5. The largest absolute Gasteiger partial charge is 0.748 e. The van der Waals surface area contributed by atoms with Gasteiger partial charge in [-0.05, 0) is 65.8 Å². The number of nitrogens with zero attached hydrogens (tertiary/aromatic N) is 2. The zero-order chi connectivity index (χ0) is 30.8. The van der Waals surface area contributed by atoms with E-state index in [4.69, 9.17) is 11.6 Å². The SMILES string of the molecule is CCC(/C=C1\Sc2ccc(Cl)cc2N1CCCS(=O)(=O)[O-])=C\c1sc2ccc(-c3cccs3)cc2[n+]1CCCS(=O)(=O)[O-]. The zero-order valence-corrected chi connectivity index (χ0v) is 27.9. The molecule has 3 heterocycles. The van der Waals surface area contributed by atoms with Crippen molar-refractivity contribution in [2.45, 2.75) is 37.6 Å². The van der Waals surface area contributed by atoms with Crippen LogP contribution in [0.1, 0.15) is 31.2 Å². The number of thiazole rings is 1. The Morgan fingerprint density at radius 2 is 1.79 bits per heavy atom. The first-order valence-corrected chi connectivity index (χ1v) is 19.5. The van der Waals surface area contributed by atoms with Crippen molar-refractivity contribution >= 4 is 88.3 Å². The maximum Gasteiger partial charge on any atom is 0.263 e. The molecule has 4 aromatic rings. The molecule has 0 bridgehead atoms. The first-order valence-electron chi connectivity index (χ1n) is 13.4. The summed E-state index contributed by atoms with van der Waals surface area (Å²) in [7, 11) is -8.68. The molecule has 43 heavy (non-hydrogen) atoms. The lowest BCUT2D eigenvalue weighted by molar-refractivity contribution is -0.668. The van der Waals surface area contributed by atoms with Gasteiger partial charge in [0.15, 0.2) is 6.54 Å². The van der Waals surface area contributed by atoms with Crippen molar-refractivity contribution in [3.05, 3.63) is 80.6 Å². The van der Waals surface area contributed by atoms with Crippen LogP contribution >= 0.6 is 46.0 Å². The van der Waals surface area contributed by atoms with E-state index in [0.717, 1.165) is 46.8 Å². The van der Waals surface area contributed by atoms with Gasteiger partial charge in [-0.25, -0.2) is 16.8 Å². The van der Waals surface area contributed by atoms with Crippen LogP contribution in [-0.2, 0) is 26.8 Å². The normalized spacial score (nSPS) is 15.1. The number of fused-ring (bicyclic) bond motifs is 2. The van der Waals surface area contributed by atoms with Crippen molar-refractivity contribution in [3.63, 3.8) is 0 Å². The number of thioether (sulfide) groups is 1. The van der Waals surface area contributed by atoms with Crippen molar-refractivity contribution in [2.24, 2.45) is 0 Å². The molecule has 0 amide bonds. The third-order valence-electron chi connectivity index (χ3n) is 6.81. The molecule has 228 valence electrons. The minimum absolute atomic E-state index is 0.173. The summed E-state index contributed by atoms with van der Waals surface area (Å²) in [4.78, 5) is 4.10. The Morgan fingerprint density at radius 1 is 1.02 bits per heavy atom. The number of hydrogen-bond donors (Lipinski definition) is 0. The van der Waals surface area contributed by atoms with E-state index in [1.807, 2.05) is 35.4 Å². The van der Waals surface area contributed by atoms with Gasteiger partial charge in [0, 0.05) is 51.4 Å². The summed E-state index contributed by atoms with van der Waals surface area (Å²) in [5, 5.41) is 4.38. The number of rotatable bonds is 12. The van der Waals surface area contributed by atoms with Crippen LogP contribution in [0, 0.1) is 0 Å². The molecule has 0 fully saturated rings. The van der Waals surface area contributed by atoms with Gasteiger partial charge in [0.25, 0.3) is 5.01 Å². The van der Waals surface area contributed by atoms with E-state index in [-0.39, 0.29) is 12.8 Å². The van der Waals surface area contributed by atoms with Crippen LogP contribution in [-0.4, -0.2) is 44.0 Å². The number of thiophene rings is 1.